The molecule has 4 N–H and O–H groups in total. The molecule has 2 heterocycles. The molecule has 0 bridgehead atoms. The Morgan fingerprint density at radius 1 is 1.07 bits per heavy atom. The summed E-state index contributed by atoms with van der Waals surface area (Å²) in [4.78, 5) is 39.2. The third kappa shape index (κ3) is 7.54. The number of likely N-dealkylation sites (N-methyl/N-ethyl adjacent to an activating group) is 1. The van der Waals surface area contributed by atoms with E-state index < -0.39 is 0 Å². The van der Waals surface area contributed by atoms with Crippen LogP contribution in [0.15, 0.2) is 73.1 Å². The molecule has 0 spiro atoms. The molecule has 0 saturated heterocycles. The number of rotatable bonds is 10. The lowest BCUT2D eigenvalue weighted by Gasteiger charge is -2.29. The molecule has 1 fully saturated rings. The molecular weight excluding hydrogens is 550 g/mol. The van der Waals surface area contributed by atoms with Crippen molar-refractivity contribution < 1.29 is 9.59 Å². The molecule has 2 aromatic carbocycles. The number of anilines is 2. The molecule has 9 nitrogen and oxygen atoms in total. The number of fused-ring (bicyclic) bond motifs is 1. The second kappa shape index (κ2) is 13.6. The lowest BCUT2D eigenvalue weighted by atomic mass is 9.86. The van der Waals surface area contributed by atoms with Crippen LogP contribution in [0.4, 0.5) is 11.6 Å². The lowest BCUT2D eigenvalue weighted by Crippen LogP contribution is -2.34. The quantitative estimate of drug-likeness (QED) is 0.177. The lowest BCUT2D eigenvalue weighted by molar-refractivity contribution is -0.111. The maximum atomic E-state index is 12.7. The zero-order valence-electron chi connectivity index (χ0n) is 23.9. The van der Waals surface area contributed by atoms with E-state index in [2.05, 4.69) is 32.0 Å². The van der Waals surface area contributed by atoms with Crippen molar-refractivity contribution in [1.82, 2.24) is 25.2 Å². The molecule has 2 amide bonds. The summed E-state index contributed by atoms with van der Waals surface area (Å²) in [7, 11) is 3.88. The number of aromatic amines is 1. The van der Waals surface area contributed by atoms with E-state index in [4.69, 9.17) is 16.6 Å². The van der Waals surface area contributed by atoms with Gasteiger partial charge in [-0.05, 0) is 76.0 Å². The predicted octanol–water partition coefficient (Wildman–Crippen LogP) is 5.74. The van der Waals surface area contributed by atoms with Crippen LogP contribution in [0.3, 0.4) is 0 Å². The standard InChI is InChI=1S/C32H36ClN7O2/c1-40(2)17-5-8-29(41)37-23-15-11-22(12-16-23)31(42)35-18-21-9-13-24(14-10-21)38-32-36-20-27(33)30(39-32)26-19-34-28-7-4-3-6-25(26)28/h3-8,11-12,15-16,19-21,24,34H,9-10,13-14,17-18H2,1-2H3,(H,35,42)(H,37,41)(H,36,38,39)/b8-5+. The summed E-state index contributed by atoms with van der Waals surface area (Å²) in [5, 5.41) is 10.9. The fourth-order valence-electron chi connectivity index (χ4n) is 5.18. The second-order valence-electron chi connectivity index (χ2n) is 10.9. The normalized spacial score (nSPS) is 17.0. The Labute approximate surface area is 250 Å². The largest absolute Gasteiger partial charge is 0.360 e. The van der Waals surface area contributed by atoms with Gasteiger partial charge < -0.3 is 25.8 Å². The van der Waals surface area contributed by atoms with Crippen LogP contribution in [0.25, 0.3) is 22.2 Å². The zero-order chi connectivity index (χ0) is 29.5. The van der Waals surface area contributed by atoms with Gasteiger partial charge in [-0.1, -0.05) is 35.9 Å². The first-order valence-corrected chi connectivity index (χ1v) is 14.6. The minimum Gasteiger partial charge on any atom is -0.360 e. The Kier molecular flexibility index (Phi) is 9.51. The predicted molar refractivity (Wildman–Crippen MR) is 169 cm³/mol. The van der Waals surface area contributed by atoms with Gasteiger partial charge in [-0.2, -0.15) is 0 Å². The molecule has 0 aliphatic heterocycles. The van der Waals surface area contributed by atoms with Crippen LogP contribution in [0.5, 0.6) is 0 Å². The van der Waals surface area contributed by atoms with Crippen molar-refractivity contribution in [2.45, 2.75) is 31.7 Å². The average molecular weight is 586 g/mol. The highest BCUT2D eigenvalue weighted by Gasteiger charge is 2.23. The summed E-state index contributed by atoms with van der Waals surface area (Å²) in [6.45, 7) is 1.32. The molecule has 1 aliphatic rings. The fraction of sp³-hybridized carbons (Fsp3) is 0.312. The molecule has 10 heteroatoms. The van der Waals surface area contributed by atoms with Crippen molar-refractivity contribution in [3.8, 4) is 11.3 Å². The van der Waals surface area contributed by atoms with Crippen molar-refractivity contribution in [3.63, 3.8) is 0 Å². The van der Waals surface area contributed by atoms with Gasteiger partial charge in [-0.15, -0.1) is 0 Å². The number of nitrogens with zero attached hydrogens (tertiary/aromatic N) is 3. The summed E-state index contributed by atoms with van der Waals surface area (Å²) in [5.41, 5.74) is 3.90. The Hall–Kier alpha value is -4.21. The Balaban J connectivity index is 1.08. The van der Waals surface area contributed by atoms with E-state index in [1.807, 2.05) is 43.4 Å². The number of carbonyl (C=O) groups excluding carboxylic acids is 2. The maximum absolute atomic E-state index is 12.7. The van der Waals surface area contributed by atoms with Gasteiger partial charge in [-0.25, -0.2) is 9.97 Å². The van der Waals surface area contributed by atoms with Crippen LogP contribution in [-0.4, -0.2) is 64.9 Å². The number of hydrogen-bond donors (Lipinski definition) is 4. The average Bonchev–Trinajstić information content (AvgIpc) is 3.42. The van der Waals surface area contributed by atoms with E-state index in [9.17, 15) is 9.59 Å². The Morgan fingerprint density at radius 3 is 2.60 bits per heavy atom. The van der Waals surface area contributed by atoms with E-state index in [-0.39, 0.29) is 17.9 Å². The van der Waals surface area contributed by atoms with E-state index >= 15 is 0 Å². The highest BCUT2D eigenvalue weighted by Crippen LogP contribution is 2.33. The topological polar surface area (TPSA) is 115 Å². The Morgan fingerprint density at radius 2 is 1.83 bits per heavy atom. The molecule has 0 radical (unpaired) electrons. The number of amides is 2. The first kappa shape index (κ1) is 29.3. The number of nitrogens with one attached hydrogen (secondary N) is 4. The monoisotopic (exact) mass is 585 g/mol. The third-order valence-corrected chi connectivity index (χ3v) is 7.75. The maximum Gasteiger partial charge on any atom is 0.251 e. The molecule has 42 heavy (non-hydrogen) atoms. The van der Waals surface area contributed by atoms with Crippen molar-refractivity contribution in [1.29, 1.82) is 0 Å². The minimum atomic E-state index is -0.198. The van der Waals surface area contributed by atoms with Gasteiger partial charge in [0.25, 0.3) is 5.91 Å². The van der Waals surface area contributed by atoms with Crippen LogP contribution in [0, 0.1) is 5.92 Å². The van der Waals surface area contributed by atoms with Crippen LogP contribution in [0.2, 0.25) is 5.02 Å². The van der Waals surface area contributed by atoms with Gasteiger partial charge >= 0.3 is 0 Å². The molecule has 0 unspecified atom stereocenters. The van der Waals surface area contributed by atoms with Crippen LogP contribution in [0.1, 0.15) is 36.0 Å². The SMILES string of the molecule is CN(C)C/C=C/C(=O)Nc1ccc(C(=O)NCC2CCC(Nc3ncc(Cl)c(-c4c[nH]c5ccccc45)n3)CC2)cc1. The van der Waals surface area contributed by atoms with Crippen molar-refractivity contribution in [2.75, 3.05) is 37.8 Å². The molecule has 1 aliphatic carbocycles. The van der Waals surface area contributed by atoms with Crippen LogP contribution < -0.4 is 16.0 Å². The molecule has 0 atom stereocenters. The summed E-state index contributed by atoms with van der Waals surface area (Å²) >= 11 is 6.49. The summed E-state index contributed by atoms with van der Waals surface area (Å²) in [6, 6.07) is 15.3. The smallest absolute Gasteiger partial charge is 0.251 e. The summed E-state index contributed by atoms with van der Waals surface area (Å²) in [5.74, 6) is 0.669. The van der Waals surface area contributed by atoms with Gasteiger partial charge in [0.1, 0.15) is 0 Å². The Bertz CT molecular complexity index is 1560. The summed E-state index contributed by atoms with van der Waals surface area (Å²) < 4.78 is 0. The molecular formula is C32H36ClN7O2. The molecule has 2 aromatic heterocycles. The number of benzene rings is 2. The first-order chi connectivity index (χ1) is 20.4. The second-order valence-corrected chi connectivity index (χ2v) is 11.3. The number of halogens is 1. The minimum absolute atomic E-state index is 0.113. The van der Waals surface area contributed by atoms with E-state index in [0.717, 1.165) is 42.1 Å². The van der Waals surface area contributed by atoms with Gasteiger partial charge in [0, 0.05) is 59.1 Å². The van der Waals surface area contributed by atoms with Crippen molar-refractivity contribution in [2.24, 2.45) is 5.92 Å². The third-order valence-electron chi connectivity index (χ3n) is 7.47. The van der Waals surface area contributed by atoms with Gasteiger partial charge in [0.2, 0.25) is 11.9 Å². The fourth-order valence-corrected chi connectivity index (χ4v) is 5.38. The van der Waals surface area contributed by atoms with Gasteiger partial charge in [0.15, 0.2) is 0 Å². The van der Waals surface area contributed by atoms with Crippen molar-refractivity contribution >= 4 is 46.0 Å². The number of H-pyrrole nitrogens is 1. The molecule has 5 rings (SSSR count). The highest BCUT2D eigenvalue weighted by molar-refractivity contribution is 6.33. The molecule has 218 valence electrons. The number of para-hydroxylation sites is 1. The molecule has 1 saturated carbocycles. The van der Waals surface area contributed by atoms with E-state index in [1.54, 1.807) is 36.5 Å². The van der Waals surface area contributed by atoms with Crippen LogP contribution in [-0.2, 0) is 4.79 Å². The first-order valence-electron chi connectivity index (χ1n) is 14.2. The number of aromatic nitrogens is 3. The molecule has 4 aromatic rings. The van der Waals surface area contributed by atoms with E-state index in [0.29, 0.717) is 46.9 Å². The van der Waals surface area contributed by atoms with Crippen molar-refractivity contribution in [3.05, 3.63) is 83.7 Å². The van der Waals surface area contributed by atoms with Gasteiger partial charge in [-0.3, -0.25) is 9.59 Å². The van der Waals surface area contributed by atoms with E-state index in [1.165, 1.54) is 6.08 Å². The van der Waals surface area contributed by atoms with Gasteiger partial charge in [0.05, 0.1) is 16.9 Å². The number of carbonyl (C=O) groups is 2. The van der Waals surface area contributed by atoms with Crippen LogP contribution >= 0.6 is 11.6 Å². The number of hydrogen-bond acceptors (Lipinski definition) is 6. The zero-order valence-corrected chi connectivity index (χ0v) is 24.6. The summed E-state index contributed by atoms with van der Waals surface area (Å²) in [6.07, 6.45) is 10.8. The highest BCUT2D eigenvalue weighted by atomic mass is 35.5.